The maximum atomic E-state index is 13.0. The molecule has 5 heteroatoms. The number of rotatable bonds is 2. The Morgan fingerprint density at radius 1 is 1.00 bits per heavy atom. The fourth-order valence-corrected chi connectivity index (χ4v) is 4.73. The summed E-state index contributed by atoms with van der Waals surface area (Å²) in [6, 6.07) is 12.3. The number of pyridine rings is 1. The van der Waals surface area contributed by atoms with Crippen LogP contribution < -0.4 is 5.56 Å². The predicted molar refractivity (Wildman–Crippen MR) is 116 cm³/mol. The molecule has 0 N–H and O–H groups in total. The number of aromatic nitrogens is 4. The van der Waals surface area contributed by atoms with E-state index in [0.29, 0.717) is 11.3 Å². The zero-order valence-corrected chi connectivity index (χ0v) is 17.3. The highest BCUT2D eigenvalue weighted by Gasteiger charge is 2.21. The molecule has 0 saturated heterocycles. The maximum absolute atomic E-state index is 13.0. The minimum atomic E-state index is 0.0212. The van der Waals surface area contributed by atoms with Crippen LogP contribution in [-0.2, 0) is 7.05 Å². The first-order valence-electron chi connectivity index (χ1n) is 10.5. The van der Waals surface area contributed by atoms with Gasteiger partial charge in [-0.05, 0) is 50.5 Å². The van der Waals surface area contributed by atoms with Gasteiger partial charge in [0.15, 0.2) is 0 Å². The molecule has 0 spiro atoms. The number of aryl methyl sites for hydroxylation is 3. The lowest BCUT2D eigenvalue weighted by atomic mass is 9.87. The Hall–Kier alpha value is -2.95. The minimum absolute atomic E-state index is 0.0212. The van der Waals surface area contributed by atoms with Crippen molar-refractivity contribution in [2.45, 2.75) is 51.9 Å². The molecule has 148 valence electrons. The Bertz CT molecular complexity index is 1290. The molecular weight excluding hydrogens is 360 g/mol. The van der Waals surface area contributed by atoms with Crippen LogP contribution in [0, 0.1) is 13.8 Å². The van der Waals surface area contributed by atoms with Crippen molar-refractivity contribution in [3.05, 3.63) is 63.8 Å². The van der Waals surface area contributed by atoms with Gasteiger partial charge in [0.25, 0.3) is 5.56 Å². The van der Waals surface area contributed by atoms with Crippen molar-refractivity contribution in [3.63, 3.8) is 0 Å². The molecular formula is C24H26N4O. The molecule has 29 heavy (non-hydrogen) atoms. The first-order chi connectivity index (χ1) is 14.0. The van der Waals surface area contributed by atoms with Crippen molar-refractivity contribution in [3.8, 4) is 11.1 Å². The van der Waals surface area contributed by atoms with Crippen LogP contribution in [0.25, 0.3) is 27.7 Å². The zero-order chi connectivity index (χ0) is 20.1. The highest BCUT2D eigenvalue weighted by molar-refractivity contribution is 5.86. The molecule has 5 nitrogen and oxygen atoms in total. The van der Waals surface area contributed by atoms with E-state index in [2.05, 4.69) is 23.2 Å². The van der Waals surface area contributed by atoms with E-state index in [0.717, 1.165) is 39.4 Å². The van der Waals surface area contributed by atoms with E-state index in [4.69, 9.17) is 5.10 Å². The lowest BCUT2D eigenvalue weighted by Gasteiger charge is -2.19. The van der Waals surface area contributed by atoms with Gasteiger partial charge in [-0.1, -0.05) is 31.4 Å². The number of benzene rings is 1. The van der Waals surface area contributed by atoms with Gasteiger partial charge in [0.2, 0.25) is 0 Å². The smallest absolute Gasteiger partial charge is 0.261 e. The highest BCUT2D eigenvalue weighted by Crippen LogP contribution is 2.33. The summed E-state index contributed by atoms with van der Waals surface area (Å²) in [6.07, 6.45) is 6.23. The molecule has 1 fully saturated rings. The van der Waals surface area contributed by atoms with Gasteiger partial charge in [0, 0.05) is 36.0 Å². The third kappa shape index (κ3) is 2.96. The second-order valence-electron chi connectivity index (χ2n) is 8.36. The summed E-state index contributed by atoms with van der Waals surface area (Å²) in [7, 11) is 1.84. The minimum Gasteiger partial charge on any atom is -0.296 e. The SMILES string of the molecule is Cc1ccc(-c2ccc3c(=O)n(C)c4cc(C5CCCCC5)nn4c3c2)c(C)n1. The van der Waals surface area contributed by atoms with E-state index in [9.17, 15) is 4.79 Å². The van der Waals surface area contributed by atoms with Crippen LogP contribution in [-0.4, -0.2) is 19.2 Å². The highest BCUT2D eigenvalue weighted by atomic mass is 16.1. The number of hydrogen-bond acceptors (Lipinski definition) is 3. The van der Waals surface area contributed by atoms with Crippen LogP contribution in [0.2, 0.25) is 0 Å². The van der Waals surface area contributed by atoms with Gasteiger partial charge in [-0.25, -0.2) is 4.52 Å². The Morgan fingerprint density at radius 2 is 1.79 bits per heavy atom. The monoisotopic (exact) mass is 386 g/mol. The van der Waals surface area contributed by atoms with Crippen LogP contribution in [0.3, 0.4) is 0 Å². The lowest BCUT2D eigenvalue weighted by Crippen LogP contribution is -2.19. The molecule has 5 rings (SSSR count). The molecule has 0 aliphatic heterocycles. The number of nitrogens with zero attached hydrogens (tertiary/aromatic N) is 4. The third-order valence-electron chi connectivity index (χ3n) is 6.37. The summed E-state index contributed by atoms with van der Waals surface area (Å²) < 4.78 is 3.68. The van der Waals surface area contributed by atoms with Crippen molar-refractivity contribution in [1.82, 2.24) is 19.2 Å². The normalized spacial score (nSPS) is 15.4. The molecule has 1 aliphatic rings. The van der Waals surface area contributed by atoms with Crippen molar-refractivity contribution in [2.75, 3.05) is 0 Å². The van der Waals surface area contributed by atoms with E-state index < -0.39 is 0 Å². The van der Waals surface area contributed by atoms with Gasteiger partial charge >= 0.3 is 0 Å². The summed E-state index contributed by atoms with van der Waals surface area (Å²) in [4.78, 5) is 17.6. The van der Waals surface area contributed by atoms with Gasteiger partial charge in [0.1, 0.15) is 5.65 Å². The molecule has 1 aromatic carbocycles. The fourth-order valence-electron chi connectivity index (χ4n) is 4.73. The predicted octanol–water partition coefficient (Wildman–Crippen LogP) is 4.91. The fraction of sp³-hybridized carbons (Fsp3) is 0.375. The summed E-state index contributed by atoms with van der Waals surface area (Å²) >= 11 is 0. The first kappa shape index (κ1) is 18.1. The number of fused-ring (bicyclic) bond motifs is 3. The molecule has 4 aromatic rings. The molecule has 1 aliphatic carbocycles. The third-order valence-corrected chi connectivity index (χ3v) is 6.37. The average Bonchev–Trinajstić information content (AvgIpc) is 3.18. The quantitative estimate of drug-likeness (QED) is 0.492. The molecule has 0 bridgehead atoms. The van der Waals surface area contributed by atoms with Gasteiger partial charge in [-0.2, -0.15) is 5.10 Å². The second-order valence-corrected chi connectivity index (χ2v) is 8.36. The molecule has 1 saturated carbocycles. The van der Waals surface area contributed by atoms with Crippen LogP contribution in [0.5, 0.6) is 0 Å². The second kappa shape index (κ2) is 6.83. The van der Waals surface area contributed by atoms with E-state index >= 15 is 0 Å². The Labute approximate surface area is 170 Å². The van der Waals surface area contributed by atoms with Gasteiger partial charge in [-0.15, -0.1) is 0 Å². The van der Waals surface area contributed by atoms with Gasteiger partial charge in [0.05, 0.1) is 16.6 Å². The van der Waals surface area contributed by atoms with E-state index in [1.807, 2.05) is 43.6 Å². The van der Waals surface area contributed by atoms with Crippen molar-refractivity contribution in [1.29, 1.82) is 0 Å². The van der Waals surface area contributed by atoms with Gasteiger partial charge in [-0.3, -0.25) is 14.3 Å². The number of hydrogen-bond donors (Lipinski definition) is 0. The standard InChI is InChI=1S/C24H26N4O/c1-15-9-11-19(16(2)25-15)18-10-12-20-22(13-18)28-23(27(3)24(20)29)14-21(26-28)17-7-5-4-6-8-17/h9-14,17H,4-8H2,1-3H3. The summed E-state index contributed by atoms with van der Waals surface area (Å²) in [5.41, 5.74) is 7.01. The largest absolute Gasteiger partial charge is 0.296 e. The lowest BCUT2D eigenvalue weighted by molar-refractivity contribution is 0.435. The summed E-state index contributed by atoms with van der Waals surface area (Å²) in [5.74, 6) is 0.500. The maximum Gasteiger partial charge on any atom is 0.261 e. The van der Waals surface area contributed by atoms with E-state index in [-0.39, 0.29) is 5.56 Å². The zero-order valence-electron chi connectivity index (χ0n) is 17.3. The summed E-state index contributed by atoms with van der Waals surface area (Å²) in [6.45, 7) is 4.03. The van der Waals surface area contributed by atoms with Crippen molar-refractivity contribution in [2.24, 2.45) is 7.05 Å². The van der Waals surface area contributed by atoms with Crippen molar-refractivity contribution >= 4 is 16.6 Å². The molecule has 0 unspecified atom stereocenters. The molecule has 3 heterocycles. The molecule has 0 atom stereocenters. The molecule has 0 radical (unpaired) electrons. The first-order valence-corrected chi connectivity index (χ1v) is 10.5. The molecule has 3 aromatic heterocycles. The summed E-state index contributed by atoms with van der Waals surface area (Å²) in [5, 5.41) is 5.67. The Balaban J connectivity index is 1.75. The van der Waals surface area contributed by atoms with Gasteiger partial charge < -0.3 is 0 Å². The van der Waals surface area contributed by atoms with Crippen LogP contribution in [0.15, 0.2) is 41.2 Å². The van der Waals surface area contributed by atoms with Crippen LogP contribution in [0.1, 0.15) is 55.1 Å². The van der Waals surface area contributed by atoms with Crippen LogP contribution >= 0.6 is 0 Å². The van der Waals surface area contributed by atoms with E-state index in [1.165, 1.54) is 32.1 Å². The Kier molecular flexibility index (Phi) is 4.26. The Morgan fingerprint density at radius 3 is 2.55 bits per heavy atom. The topological polar surface area (TPSA) is 52.2 Å². The van der Waals surface area contributed by atoms with Crippen LogP contribution in [0.4, 0.5) is 0 Å². The average molecular weight is 386 g/mol. The van der Waals surface area contributed by atoms with Crippen molar-refractivity contribution < 1.29 is 0 Å². The molecule has 0 amide bonds. The van der Waals surface area contributed by atoms with E-state index in [1.54, 1.807) is 4.57 Å².